The average molecular weight is 703 g/mol. The highest BCUT2D eigenvalue weighted by Gasteiger charge is 2.22. The van der Waals surface area contributed by atoms with Gasteiger partial charge in [-0.2, -0.15) is 0 Å². The van der Waals surface area contributed by atoms with Crippen molar-refractivity contribution in [2.75, 3.05) is 0 Å². The third kappa shape index (κ3) is 4.41. The van der Waals surface area contributed by atoms with E-state index >= 15 is 0 Å². The van der Waals surface area contributed by atoms with Crippen LogP contribution in [0, 0.1) is 0 Å². The van der Waals surface area contributed by atoms with Gasteiger partial charge in [-0.3, -0.25) is 0 Å². The van der Waals surface area contributed by atoms with Crippen molar-refractivity contribution in [3.8, 4) is 34.0 Å². The molecule has 0 saturated carbocycles. The molecular formula is C50H30N4O. The van der Waals surface area contributed by atoms with Gasteiger partial charge < -0.3 is 13.6 Å². The fourth-order valence-corrected chi connectivity index (χ4v) is 8.70. The lowest BCUT2D eigenvalue weighted by molar-refractivity contribution is 0.669. The molecule has 0 N–H and O–H groups in total. The molecule has 12 aromatic rings. The van der Waals surface area contributed by atoms with Crippen molar-refractivity contribution < 1.29 is 4.42 Å². The third-order valence-electron chi connectivity index (χ3n) is 11.1. The first kappa shape index (κ1) is 30.0. The van der Waals surface area contributed by atoms with Crippen molar-refractivity contribution in [2.24, 2.45) is 0 Å². The summed E-state index contributed by atoms with van der Waals surface area (Å²) in [4.78, 5) is 10.2. The molecule has 5 heteroatoms. The molecule has 0 radical (unpaired) electrons. The Labute approximate surface area is 315 Å². The predicted molar refractivity (Wildman–Crippen MR) is 226 cm³/mol. The fourth-order valence-electron chi connectivity index (χ4n) is 8.70. The van der Waals surface area contributed by atoms with E-state index < -0.39 is 0 Å². The van der Waals surface area contributed by atoms with Crippen molar-refractivity contribution >= 4 is 76.5 Å². The molecule has 0 aliphatic heterocycles. The summed E-state index contributed by atoms with van der Waals surface area (Å²) >= 11 is 0. The minimum Gasteiger partial charge on any atom is -0.456 e. The summed E-state index contributed by atoms with van der Waals surface area (Å²) in [5.74, 6) is 0.700. The fraction of sp³-hybridized carbons (Fsp3) is 0. The molecule has 0 aliphatic rings. The summed E-state index contributed by atoms with van der Waals surface area (Å²) in [5.41, 5.74) is 12.4. The summed E-state index contributed by atoms with van der Waals surface area (Å²) in [6, 6.07) is 64.1. The van der Waals surface area contributed by atoms with Crippen LogP contribution in [0.5, 0.6) is 0 Å². The summed E-state index contributed by atoms with van der Waals surface area (Å²) in [7, 11) is 0. The Balaban J connectivity index is 1.13. The molecule has 12 rings (SSSR count). The molecule has 4 aromatic heterocycles. The van der Waals surface area contributed by atoms with E-state index in [0.29, 0.717) is 5.82 Å². The van der Waals surface area contributed by atoms with Gasteiger partial charge in [0.25, 0.3) is 0 Å². The number of benzene rings is 8. The standard InChI is InChI=1S/C50H30N4O/c1-3-13-31(14-4-1)49-36-18-7-10-20-40(36)51-50(52-49)32-23-25-34(26-24-32)54-43-28-27-42-47(37-19-8-11-21-41(37)53(42)33-15-5-2-6-16-33)48(43)39-29-38-35-17-9-12-22-45(35)55-46(38)30-44(39)54/h1-30H. The minimum atomic E-state index is 0.700. The zero-order valence-corrected chi connectivity index (χ0v) is 29.5. The molecule has 8 aromatic carbocycles. The molecule has 0 amide bonds. The molecule has 0 atom stereocenters. The number of furan rings is 1. The number of para-hydroxylation sites is 4. The van der Waals surface area contributed by atoms with Gasteiger partial charge >= 0.3 is 0 Å². The maximum Gasteiger partial charge on any atom is 0.160 e. The molecule has 256 valence electrons. The van der Waals surface area contributed by atoms with Crippen molar-refractivity contribution in [1.29, 1.82) is 0 Å². The Morgan fingerprint density at radius 3 is 1.78 bits per heavy atom. The van der Waals surface area contributed by atoms with E-state index in [2.05, 4.69) is 167 Å². The van der Waals surface area contributed by atoms with Gasteiger partial charge in [-0.1, -0.05) is 103 Å². The van der Waals surface area contributed by atoms with Gasteiger partial charge in [0.1, 0.15) is 11.2 Å². The van der Waals surface area contributed by atoms with Crippen molar-refractivity contribution in [3.63, 3.8) is 0 Å². The summed E-state index contributed by atoms with van der Waals surface area (Å²) in [5, 5.41) is 8.14. The number of fused-ring (bicyclic) bond motifs is 11. The molecule has 0 saturated heterocycles. The van der Waals surface area contributed by atoms with Gasteiger partial charge in [0.05, 0.1) is 33.3 Å². The van der Waals surface area contributed by atoms with E-state index in [-0.39, 0.29) is 0 Å². The molecule has 5 nitrogen and oxygen atoms in total. The molecule has 0 aliphatic carbocycles. The molecule has 55 heavy (non-hydrogen) atoms. The smallest absolute Gasteiger partial charge is 0.160 e. The van der Waals surface area contributed by atoms with Crippen LogP contribution >= 0.6 is 0 Å². The summed E-state index contributed by atoms with van der Waals surface area (Å²) in [6.07, 6.45) is 0. The molecule has 0 spiro atoms. The van der Waals surface area contributed by atoms with Crippen LogP contribution in [-0.2, 0) is 0 Å². The number of aromatic nitrogens is 4. The topological polar surface area (TPSA) is 48.8 Å². The van der Waals surface area contributed by atoms with Gasteiger partial charge in [-0.05, 0) is 72.8 Å². The lowest BCUT2D eigenvalue weighted by atomic mass is 10.0. The summed E-state index contributed by atoms with van der Waals surface area (Å²) < 4.78 is 11.3. The predicted octanol–water partition coefficient (Wildman–Crippen LogP) is 13.1. The van der Waals surface area contributed by atoms with Crippen molar-refractivity contribution in [1.82, 2.24) is 19.1 Å². The van der Waals surface area contributed by atoms with E-state index in [1.807, 2.05) is 24.3 Å². The molecule has 0 fully saturated rings. The first-order valence-electron chi connectivity index (χ1n) is 18.6. The zero-order valence-electron chi connectivity index (χ0n) is 29.5. The quantitative estimate of drug-likeness (QED) is 0.183. The second kappa shape index (κ2) is 11.5. The van der Waals surface area contributed by atoms with Gasteiger partial charge in [0.2, 0.25) is 0 Å². The first-order chi connectivity index (χ1) is 27.3. The maximum absolute atomic E-state index is 6.49. The largest absolute Gasteiger partial charge is 0.456 e. The van der Waals surface area contributed by atoms with Crippen LogP contribution in [0.2, 0.25) is 0 Å². The highest BCUT2D eigenvalue weighted by Crippen LogP contribution is 2.44. The highest BCUT2D eigenvalue weighted by molar-refractivity contribution is 6.30. The number of rotatable bonds is 4. The van der Waals surface area contributed by atoms with Crippen LogP contribution in [-0.4, -0.2) is 19.1 Å². The van der Waals surface area contributed by atoms with Gasteiger partial charge in [0, 0.05) is 66.3 Å². The normalized spacial score (nSPS) is 12.0. The van der Waals surface area contributed by atoms with Crippen LogP contribution in [0.3, 0.4) is 0 Å². The van der Waals surface area contributed by atoms with E-state index in [0.717, 1.165) is 72.1 Å². The van der Waals surface area contributed by atoms with Crippen molar-refractivity contribution in [2.45, 2.75) is 0 Å². The Morgan fingerprint density at radius 2 is 0.982 bits per heavy atom. The van der Waals surface area contributed by atoms with Gasteiger partial charge in [0.15, 0.2) is 5.82 Å². The minimum absolute atomic E-state index is 0.700. The zero-order chi connectivity index (χ0) is 36.0. The summed E-state index contributed by atoms with van der Waals surface area (Å²) in [6.45, 7) is 0. The first-order valence-corrected chi connectivity index (χ1v) is 18.6. The molecule has 0 bridgehead atoms. The lowest BCUT2D eigenvalue weighted by Gasteiger charge is -2.11. The molecule has 0 unspecified atom stereocenters. The Kier molecular flexibility index (Phi) is 6.27. The van der Waals surface area contributed by atoms with E-state index in [9.17, 15) is 0 Å². The van der Waals surface area contributed by atoms with Crippen molar-refractivity contribution in [3.05, 3.63) is 182 Å². The second-order valence-corrected chi connectivity index (χ2v) is 14.2. The third-order valence-corrected chi connectivity index (χ3v) is 11.1. The molecule has 4 heterocycles. The number of hydrogen-bond acceptors (Lipinski definition) is 3. The van der Waals surface area contributed by atoms with E-state index in [4.69, 9.17) is 14.4 Å². The van der Waals surface area contributed by atoms with E-state index in [1.165, 1.54) is 32.6 Å². The Bertz CT molecular complexity index is 3470. The number of nitrogens with zero attached hydrogens (tertiary/aromatic N) is 4. The Hall–Kier alpha value is -7.50. The van der Waals surface area contributed by atoms with Crippen LogP contribution in [0.4, 0.5) is 0 Å². The SMILES string of the molecule is c1ccc(-c2nc(-c3ccc(-n4c5cc6oc7ccccc7c6cc5c5c6c7ccccc7n(-c7ccccc7)c6ccc54)cc3)nc3ccccc23)cc1. The van der Waals surface area contributed by atoms with Gasteiger partial charge in [-0.15, -0.1) is 0 Å². The maximum atomic E-state index is 6.49. The lowest BCUT2D eigenvalue weighted by Crippen LogP contribution is -1.97. The van der Waals surface area contributed by atoms with Crippen LogP contribution in [0.15, 0.2) is 186 Å². The second-order valence-electron chi connectivity index (χ2n) is 14.2. The average Bonchev–Trinajstić information content (AvgIpc) is 3.90. The van der Waals surface area contributed by atoms with Gasteiger partial charge in [-0.25, -0.2) is 9.97 Å². The molecular weight excluding hydrogens is 673 g/mol. The van der Waals surface area contributed by atoms with Crippen LogP contribution < -0.4 is 0 Å². The Morgan fingerprint density at radius 1 is 0.364 bits per heavy atom. The number of hydrogen-bond donors (Lipinski definition) is 0. The van der Waals surface area contributed by atoms with Crippen LogP contribution in [0.1, 0.15) is 0 Å². The highest BCUT2D eigenvalue weighted by atomic mass is 16.3. The monoisotopic (exact) mass is 702 g/mol. The van der Waals surface area contributed by atoms with E-state index in [1.54, 1.807) is 0 Å². The van der Waals surface area contributed by atoms with Crippen LogP contribution in [0.25, 0.3) is 110 Å².